The number of benzene rings is 2. The summed E-state index contributed by atoms with van der Waals surface area (Å²) < 4.78 is 13.3. The van der Waals surface area contributed by atoms with Crippen LogP contribution in [0.3, 0.4) is 0 Å². The Labute approximate surface area is 178 Å². The Kier molecular flexibility index (Phi) is 5.75. The molecule has 0 saturated heterocycles. The zero-order valence-corrected chi connectivity index (χ0v) is 18.1. The van der Waals surface area contributed by atoms with E-state index >= 15 is 0 Å². The van der Waals surface area contributed by atoms with Gasteiger partial charge in [-0.2, -0.15) is 0 Å². The summed E-state index contributed by atoms with van der Waals surface area (Å²) in [5.74, 6) is 1.52. The highest BCUT2D eigenvalue weighted by atomic mass is 16.5. The van der Waals surface area contributed by atoms with E-state index in [0.29, 0.717) is 6.54 Å². The van der Waals surface area contributed by atoms with Gasteiger partial charge >= 0.3 is 0 Å². The smallest absolute Gasteiger partial charge is 0.165 e. The molecule has 0 unspecified atom stereocenters. The van der Waals surface area contributed by atoms with E-state index in [-0.39, 0.29) is 0 Å². The SMILES string of the molecule is CCc1cccc(CC)c1-c1cc2ccn(Cc3cccc(OC)c3OC)c2cn1. The highest BCUT2D eigenvalue weighted by Crippen LogP contribution is 2.33. The Morgan fingerprint density at radius 3 is 2.23 bits per heavy atom. The Morgan fingerprint density at radius 2 is 1.57 bits per heavy atom. The van der Waals surface area contributed by atoms with Gasteiger partial charge in [0.25, 0.3) is 0 Å². The predicted molar refractivity (Wildman–Crippen MR) is 123 cm³/mol. The number of nitrogens with zero attached hydrogens (tertiary/aromatic N) is 2. The molecule has 2 heterocycles. The van der Waals surface area contributed by atoms with E-state index in [0.717, 1.165) is 41.1 Å². The number of pyridine rings is 1. The lowest BCUT2D eigenvalue weighted by Gasteiger charge is -2.14. The fraction of sp³-hybridized carbons (Fsp3) is 0.269. The summed E-state index contributed by atoms with van der Waals surface area (Å²) >= 11 is 0. The molecule has 0 spiro atoms. The highest BCUT2D eigenvalue weighted by molar-refractivity contribution is 5.84. The lowest BCUT2D eigenvalue weighted by atomic mass is 9.94. The van der Waals surface area contributed by atoms with Gasteiger partial charge in [-0.25, -0.2) is 0 Å². The lowest BCUT2D eigenvalue weighted by molar-refractivity contribution is 0.351. The van der Waals surface area contributed by atoms with Crippen LogP contribution in [0.1, 0.15) is 30.5 Å². The van der Waals surface area contributed by atoms with E-state index in [9.17, 15) is 0 Å². The minimum absolute atomic E-state index is 0.691. The molecule has 4 aromatic rings. The van der Waals surface area contributed by atoms with Gasteiger partial charge < -0.3 is 14.0 Å². The van der Waals surface area contributed by atoms with E-state index < -0.39 is 0 Å². The zero-order valence-electron chi connectivity index (χ0n) is 18.1. The van der Waals surface area contributed by atoms with Gasteiger partial charge in [0.1, 0.15) is 0 Å². The standard InChI is InChI=1S/C26H28N2O2/c1-5-18-9-7-10-19(6-2)25(18)22-15-20-13-14-28(23(20)16-27-22)17-21-11-8-12-24(29-3)26(21)30-4/h7-16H,5-6,17H2,1-4H3. The second-order valence-electron chi connectivity index (χ2n) is 7.38. The first-order chi connectivity index (χ1) is 14.7. The van der Waals surface area contributed by atoms with Crippen molar-refractivity contribution in [3.8, 4) is 22.8 Å². The number of rotatable bonds is 7. The topological polar surface area (TPSA) is 36.3 Å². The molecule has 0 aliphatic rings. The summed E-state index contributed by atoms with van der Waals surface area (Å²) in [6, 6.07) is 16.9. The molecule has 4 rings (SSSR count). The van der Waals surface area contributed by atoms with Crippen molar-refractivity contribution in [2.24, 2.45) is 0 Å². The summed E-state index contributed by atoms with van der Waals surface area (Å²) in [5, 5.41) is 1.19. The summed E-state index contributed by atoms with van der Waals surface area (Å²) in [6.07, 6.45) is 6.10. The lowest BCUT2D eigenvalue weighted by Crippen LogP contribution is -2.02. The van der Waals surface area contributed by atoms with Crippen LogP contribution in [0.5, 0.6) is 11.5 Å². The molecule has 154 valence electrons. The van der Waals surface area contributed by atoms with Crippen molar-refractivity contribution < 1.29 is 9.47 Å². The minimum atomic E-state index is 0.691. The molecule has 4 heteroatoms. The molecule has 30 heavy (non-hydrogen) atoms. The quantitative estimate of drug-likeness (QED) is 0.388. The maximum atomic E-state index is 5.60. The van der Waals surface area contributed by atoms with Gasteiger partial charge in [0.15, 0.2) is 11.5 Å². The van der Waals surface area contributed by atoms with Gasteiger partial charge in [-0.15, -0.1) is 0 Å². The number of fused-ring (bicyclic) bond motifs is 1. The molecule has 0 bridgehead atoms. The third-order valence-corrected chi connectivity index (χ3v) is 5.74. The maximum absolute atomic E-state index is 5.60. The number of aryl methyl sites for hydroxylation is 2. The first-order valence-corrected chi connectivity index (χ1v) is 10.5. The van der Waals surface area contributed by atoms with Gasteiger partial charge in [-0.1, -0.05) is 44.2 Å². The Hall–Kier alpha value is -3.27. The molecule has 0 N–H and O–H groups in total. The molecule has 0 amide bonds. The highest BCUT2D eigenvalue weighted by Gasteiger charge is 2.14. The second-order valence-corrected chi connectivity index (χ2v) is 7.38. The number of hydrogen-bond donors (Lipinski definition) is 0. The van der Waals surface area contributed by atoms with Gasteiger partial charge in [-0.3, -0.25) is 4.98 Å². The number of hydrogen-bond acceptors (Lipinski definition) is 3. The number of aromatic nitrogens is 2. The molecule has 4 nitrogen and oxygen atoms in total. The van der Waals surface area contributed by atoms with Crippen LogP contribution in [0.2, 0.25) is 0 Å². The van der Waals surface area contributed by atoms with Crippen LogP contribution >= 0.6 is 0 Å². The molecular formula is C26H28N2O2. The van der Waals surface area contributed by atoms with E-state index in [4.69, 9.17) is 14.5 Å². The van der Waals surface area contributed by atoms with Crippen LogP contribution in [-0.2, 0) is 19.4 Å². The van der Waals surface area contributed by atoms with E-state index in [1.54, 1.807) is 14.2 Å². The number of methoxy groups -OCH3 is 2. The molecule has 0 aliphatic carbocycles. The van der Waals surface area contributed by atoms with Crippen LogP contribution < -0.4 is 9.47 Å². The third-order valence-electron chi connectivity index (χ3n) is 5.74. The Balaban J connectivity index is 1.75. The summed E-state index contributed by atoms with van der Waals surface area (Å²) in [4.78, 5) is 4.87. The van der Waals surface area contributed by atoms with E-state index in [1.807, 2.05) is 18.3 Å². The van der Waals surface area contributed by atoms with Crippen LogP contribution in [0.25, 0.3) is 22.2 Å². The summed E-state index contributed by atoms with van der Waals surface area (Å²) in [6.45, 7) is 5.10. The molecule has 2 aromatic carbocycles. The van der Waals surface area contributed by atoms with Gasteiger partial charge in [-0.05, 0) is 42.2 Å². The molecule has 0 atom stereocenters. The minimum Gasteiger partial charge on any atom is -0.493 e. The van der Waals surface area contributed by atoms with Gasteiger partial charge in [0, 0.05) is 22.7 Å². The normalized spacial score (nSPS) is 11.1. The largest absolute Gasteiger partial charge is 0.493 e. The van der Waals surface area contributed by atoms with Crippen LogP contribution in [0.4, 0.5) is 0 Å². The van der Waals surface area contributed by atoms with Crippen molar-refractivity contribution in [1.29, 1.82) is 0 Å². The zero-order chi connectivity index (χ0) is 21.1. The molecule has 0 radical (unpaired) electrons. The van der Waals surface area contributed by atoms with Crippen molar-refractivity contribution in [2.75, 3.05) is 14.2 Å². The van der Waals surface area contributed by atoms with Crippen molar-refractivity contribution in [1.82, 2.24) is 9.55 Å². The van der Waals surface area contributed by atoms with E-state index in [1.165, 1.54) is 22.1 Å². The second kappa shape index (κ2) is 8.62. The average Bonchev–Trinajstić information content (AvgIpc) is 3.20. The molecule has 2 aromatic heterocycles. The Morgan fingerprint density at radius 1 is 0.867 bits per heavy atom. The number of para-hydroxylation sites is 1. The van der Waals surface area contributed by atoms with Crippen molar-refractivity contribution >= 4 is 10.9 Å². The molecule has 0 aliphatic heterocycles. The first kappa shape index (κ1) is 20.0. The van der Waals surface area contributed by atoms with Gasteiger partial charge in [0.05, 0.1) is 38.2 Å². The number of ether oxygens (including phenoxy) is 2. The fourth-order valence-corrected chi connectivity index (χ4v) is 4.20. The predicted octanol–water partition coefficient (Wildman–Crippen LogP) is 5.89. The van der Waals surface area contributed by atoms with Crippen LogP contribution in [0.15, 0.2) is 60.9 Å². The van der Waals surface area contributed by atoms with E-state index in [2.05, 4.69) is 61.0 Å². The molecular weight excluding hydrogens is 372 g/mol. The Bertz CT molecular complexity index is 1150. The first-order valence-electron chi connectivity index (χ1n) is 10.5. The van der Waals surface area contributed by atoms with Crippen LogP contribution in [0, 0.1) is 0 Å². The maximum Gasteiger partial charge on any atom is 0.165 e. The van der Waals surface area contributed by atoms with Crippen molar-refractivity contribution in [2.45, 2.75) is 33.2 Å². The third kappa shape index (κ3) is 3.54. The molecule has 0 saturated carbocycles. The molecule has 0 fully saturated rings. The van der Waals surface area contributed by atoms with Crippen molar-refractivity contribution in [3.63, 3.8) is 0 Å². The van der Waals surface area contributed by atoms with Crippen LogP contribution in [-0.4, -0.2) is 23.8 Å². The van der Waals surface area contributed by atoms with Gasteiger partial charge in [0.2, 0.25) is 0 Å². The summed E-state index contributed by atoms with van der Waals surface area (Å²) in [7, 11) is 3.34. The fourth-order valence-electron chi connectivity index (χ4n) is 4.20. The van der Waals surface area contributed by atoms with Crippen molar-refractivity contribution in [3.05, 3.63) is 77.6 Å². The summed E-state index contributed by atoms with van der Waals surface area (Å²) in [5.41, 5.74) is 7.21. The average molecular weight is 401 g/mol. The monoisotopic (exact) mass is 400 g/mol.